The van der Waals surface area contributed by atoms with E-state index in [1.807, 2.05) is 41.5 Å². The molecule has 9 radical (unpaired) electrons. The van der Waals surface area contributed by atoms with Gasteiger partial charge in [-0.05, 0) is 52.7 Å². The number of nitro groups is 2. The van der Waals surface area contributed by atoms with Gasteiger partial charge >= 0.3 is 18.2 Å². The van der Waals surface area contributed by atoms with E-state index in [1.54, 1.807) is 32.9 Å². The van der Waals surface area contributed by atoms with Crippen molar-refractivity contribution in [1.82, 2.24) is 20.0 Å². The second kappa shape index (κ2) is 26.3. The Morgan fingerprint density at radius 2 is 1.14 bits per heavy atom. The molecule has 0 atom stereocenters. The van der Waals surface area contributed by atoms with Crippen LogP contribution in [0.15, 0.2) is 48.5 Å². The number of hydrogen-bond donors (Lipinski definition) is 2. The normalized spacial score (nSPS) is 13.4. The van der Waals surface area contributed by atoms with Crippen LogP contribution in [0.5, 0.6) is 0 Å². The van der Waals surface area contributed by atoms with Crippen LogP contribution >= 0.6 is 0 Å². The monoisotopic (exact) mass is 809 g/mol. The molecule has 2 heterocycles. The molecular formula is C35H52B7N6O11. The number of nitro benzene ring substituents is 2. The van der Waals surface area contributed by atoms with E-state index in [4.69, 9.17) is 45.5 Å². The average Bonchev–Trinajstić information content (AvgIpc) is 3.14. The van der Waals surface area contributed by atoms with Crippen molar-refractivity contribution >= 4 is 86.2 Å². The van der Waals surface area contributed by atoms with Gasteiger partial charge in [0.15, 0.2) is 0 Å². The van der Waals surface area contributed by atoms with Crippen molar-refractivity contribution in [2.45, 2.75) is 73.0 Å². The van der Waals surface area contributed by atoms with Crippen LogP contribution in [0.4, 0.5) is 21.0 Å². The van der Waals surface area contributed by atoms with E-state index in [1.165, 1.54) is 37.4 Å². The third-order valence-corrected chi connectivity index (χ3v) is 7.67. The van der Waals surface area contributed by atoms with Crippen LogP contribution in [0.3, 0.4) is 0 Å². The van der Waals surface area contributed by atoms with Crippen LogP contribution in [-0.2, 0) is 31.9 Å². The quantitative estimate of drug-likeness (QED) is 0.223. The minimum Gasteiger partial charge on any atom is -0.481 e. The van der Waals surface area contributed by atoms with E-state index in [9.17, 15) is 39.4 Å². The highest BCUT2D eigenvalue weighted by Gasteiger charge is 2.28. The molecule has 0 aliphatic carbocycles. The van der Waals surface area contributed by atoms with E-state index < -0.39 is 27.8 Å². The number of carboxylic acid groups (broad SMARTS) is 1. The zero-order chi connectivity index (χ0) is 44.2. The molecule has 24 heteroatoms. The Bertz CT molecular complexity index is 1670. The summed E-state index contributed by atoms with van der Waals surface area (Å²) in [5, 5.41) is 32.7. The lowest BCUT2D eigenvalue weighted by atomic mass is 8.76. The molecule has 3 amide bonds. The molecule has 309 valence electrons. The van der Waals surface area contributed by atoms with Crippen molar-refractivity contribution in [3.05, 3.63) is 79.9 Å². The smallest absolute Gasteiger partial charge is 0.410 e. The zero-order valence-corrected chi connectivity index (χ0v) is 34.0. The fourth-order valence-corrected chi connectivity index (χ4v) is 4.79. The predicted molar refractivity (Wildman–Crippen MR) is 233 cm³/mol. The van der Waals surface area contributed by atoms with Gasteiger partial charge in [0.25, 0.3) is 11.4 Å². The summed E-state index contributed by atoms with van der Waals surface area (Å²) in [6, 6.07) is 11.7. The maximum Gasteiger partial charge on any atom is 0.410 e. The fraction of sp³-hybridized carbons (Fsp3) is 0.543. The van der Waals surface area contributed by atoms with Gasteiger partial charge in [-0.25, -0.2) is 9.59 Å². The van der Waals surface area contributed by atoms with Gasteiger partial charge < -0.3 is 34.6 Å². The van der Waals surface area contributed by atoms with Crippen molar-refractivity contribution in [1.29, 1.82) is 0 Å². The van der Waals surface area contributed by atoms with E-state index in [-0.39, 0.29) is 61.7 Å². The first kappa shape index (κ1) is 54.1. The van der Waals surface area contributed by atoms with Crippen molar-refractivity contribution in [3.63, 3.8) is 0 Å². The van der Waals surface area contributed by atoms with Gasteiger partial charge in [-0.2, -0.15) is 0 Å². The number of rotatable bonds is 8. The summed E-state index contributed by atoms with van der Waals surface area (Å²) < 4.78 is 10.6. The lowest BCUT2D eigenvalue weighted by Crippen LogP contribution is -2.51. The van der Waals surface area contributed by atoms with Gasteiger partial charge in [0.2, 0.25) is 5.91 Å². The molecule has 0 saturated carbocycles. The molecule has 2 N–H and O–H groups in total. The van der Waals surface area contributed by atoms with Crippen LogP contribution in [0.2, 0.25) is 0 Å². The number of aliphatic carboxylic acids is 1. The number of amides is 3. The van der Waals surface area contributed by atoms with Gasteiger partial charge in [0.1, 0.15) is 11.2 Å². The number of carbonyl (C=O) groups is 4. The molecule has 2 aliphatic heterocycles. The summed E-state index contributed by atoms with van der Waals surface area (Å²) in [6.45, 7) is 16.0. The molecule has 2 saturated heterocycles. The first-order chi connectivity index (χ1) is 26.9. The predicted octanol–water partition coefficient (Wildman–Crippen LogP) is 2.24. The standard InChI is InChI=1S/C17H23N3O5.C9H18N2O2.C8H7NO4.CH4.B7/c1-17(2,3)25-16(22)19-9-7-18(8-10-19)15(21)12-13-5-4-6-14(11-13)20(23)24;1-9(2,3)13-8(12)11-6-4-10-5-7-11;10-8(11)5-6-2-1-3-7(4-6)9(12)13;;1-5-7(4)6(2)3/h4-6,11H,7-10,12H2,1-3H3;10H,4-7H2,1-3H3;1-4H,5H2,(H,10,11);1H4;. The van der Waals surface area contributed by atoms with Crippen LogP contribution in [0.25, 0.3) is 0 Å². The molecule has 2 fully saturated rings. The third-order valence-electron chi connectivity index (χ3n) is 7.67. The summed E-state index contributed by atoms with van der Waals surface area (Å²) in [6.07, 6.45) is -1.59. The van der Waals surface area contributed by atoms with E-state index in [0.29, 0.717) is 37.3 Å². The van der Waals surface area contributed by atoms with Gasteiger partial charge in [0.05, 0.1) is 22.7 Å². The number of carbonyl (C=O) groups excluding carboxylic acids is 3. The number of non-ortho nitro benzene ring substituents is 2. The molecule has 59 heavy (non-hydrogen) atoms. The fourth-order valence-electron chi connectivity index (χ4n) is 4.79. The summed E-state index contributed by atoms with van der Waals surface area (Å²) in [5.74, 6) is -1.11. The first-order valence-electron chi connectivity index (χ1n) is 18.4. The Balaban J connectivity index is 0.000000838. The number of nitrogens with zero attached hydrogens (tertiary/aromatic N) is 5. The topological polar surface area (TPSA) is 215 Å². The summed E-state index contributed by atoms with van der Waals surface area (Å²) >= 11 is 0. The van der Waals surface area contributed by atoms with Crippen molar-refractivity contribution < 1.29 is 43.6 Å². The van der Waals surface area contributed by atoms with Gasteiger partial charge in [0, 0.05) is 127 Å². The van der Waals surface area contributed by atoms with Crippen molar-refractivity contribution in [3.8, 4) is 0 Å². The summed E-state index contributed by atoms with van der Waals surface area (Å²) in [4.78, 5) is 71.2. The van der Waals surface area contributed by atoms with Gasteiger partial charge in [-0.3, -0.25) is 29.8 Å². The second-order valence-corrected chi connectivity index (χ2v) is 15.0. The van der Waals surface area contributed by atoms with Crippen LogP contribution < -0.4 is 5.32 Å². The Hall–Kier alpha value is -4.87. The number of piperazine rings is 2. The Morgan fingerprint density at radius 3 is 1.47 bits per heavy atom. The maximum absolute atomic E-state index is 12.4. The summed E-state index contributed by atoms with van der Waals surface area (Å²) in [7, 11) is 21.6. The molecule has 0 unspecified atom stereocenters. The SMILES string of the molecule is C.CC(C)(C)OC(=O)N1CCN(C(=O)Cc2cccc([N+](=O)[O-])c2)CC1.CC(C)(C)OC(=O)N1CCNCC1.O=C(O)Cc1cccc([N+](=O)[O-])c1.[B][B]B([B])B([B])[B]. The molecule has 2 aliphatic rings. The Labute approximate surface area is 354 Å². The van der Waals surface area contributed by atoms with Crippen LogP contribution in [0, 0.1) is 20.2 Å². The molecule has 0 spiro atoms. The highest BCUT2D eigenvalue weighted by molar-refractivity contribution is 7.81. The highest BCUT2D eigenvalue weighted by atomic mass is 16.6. The summed E-state index contributed by atoms with van der Waals surface area (Å²) in [5.41, 5.74) is -0.0112. The van der Waals surface area contributed by atoms with E-state index in [2.05, 4.69) is 5.32 Å². The van der Waals surface area contributed by atoms with Crippen molar-refractivity contribution in [2.24, 2.45) is 0 Å². The molecule has 4 rings (SSSR count). The Morgan fingerprint density at radius 1 is 0.746 bits per heavy atom. The number of hydrogen-bond acceptors (Lipinski definition) is 11. The molecular weight excluding hydrogens is 756 g/mol. The lowest BCUT2D eigenvalue weighted by Gasteiger charge is -2.35. The molecule has 17 nitrogen and oxygen atoms in total. The highest BCUT2D eigenvalue weighted by Crippen LogP contribution is 2.17. The molecule has 2 aromatic rings. The number of ether oxygens (including phenoxy) is 2. The minimum absolute atomic E-state index is 0. The third kappa shape index (κ3) is 23.4. The van der Waals surface area contributed by atoms with Crippen molar-refractivity contribution in [2.75, 3.05) is 52.4 Å². The van der Waals surface area contributed by atoms with Gasteiger partial charge in [-0.1, -0.05) is 31.7 Å². The number of nitrogens with one attached hydrogen (secondary N) is 1. The van der Waals surface area contributed by atoms with Crippen LogP contribution in [0.1, 0.15) is 60.1 Å². The second-order valence-electron chi connectivity index (χ2n) is 15.0. The van der Waals surface area contributed by atoms with Gasteiger partial charge in [-0.15, -0.1) is 0 Å². The van der Waals surface area contributed by atoms with Crippen LogP contribution in [-0.4, -0.2) is 168 Å². The average molecular weight is 809 g/mol. The maximum atomic E-state index is 12.4. The molecule has 2 aromatic carbocycles. The molecule has 0 aromatic heterocycles. The minimum atomic E-state index is -1.000. The lowest BCUT2D eigenvalue weighted by molar-refractivity contribution is -0.385. The number of carboxylic acids is 1. The Kier molecular flexibility index (Phi) is 24.1. The largest absolute Gasteiger partial charge is 0.481 e. The number of benzene rings is 2. The first-order valence-corrected chi connectivity index (χ1v) is 18.4. The van der Waals surface area contributed by atoms with E-state index >= 15 is 0 Å². The zero-order valence-electron chi connectivity index (χ0n) is 34.0. The van der Waals surface area contributed by atoms with E-state index in [0.717, 1.165) is 26.2 Å². The molecule has 0 bridgehead atoms.